The molecule has 6 heteroatoms. The van der Waals surface area contributed by atoms with Crippen molar-refractivity contribution in [3.05, 3.63) is 11.8 Å². The summed E-state index contributed by atoms with van der Waals surface area (Å²) < 4.78 is 15.2. The Labute approximate surface area is 97.8 Å². The summed E-state index contributed by atoms with van der Waals surface area (Å²) in [7, 11) is 1.30. The fourth-order valence-corrected chi connectivity index (χ4v) is 3.13. The van der Waals surface area contributed by atoms with Gasteiger partial charge in [-0.3, -0.25) is 0 Å². The smallest absolute Gasteiger partial charge is 0.337 e. The molecule has 0 spiro atoms. The van der Waals surface area contributed by atoms with Gasteiger partial charge in [0.2, 0.25) is 6.29 Å². The Kier molecular flexibility index (Phi) is 2.23. The van der Waals surface area contributed by atoms with E-state index in [0.29, 0.717) is 12.0 Å². The van der Waals surface area contributed by atoms with E-state index in [9.17, 15) is 15.0 Å². The molecule has 4 unspecified atom stereocenters. The topological polar surface area (TPSA) is 88.5 Å². The SMILES string of the molecule is COC(=O)C1=COC(O)C2C1CC1O[C@@]12CO. The van der Waals surface area contributed by atoms with Crippen LogP contribution >= 0.6 is 0 Å². The molecule has 3 aliphatic rings. The third-order valence-electron chi connectivity index (χ3n) is 4.02. The van der Waals surface area contributed by atoms with Crippen LogP contribution in [-0.2, 0) is 19.0 Å². The lowest BCUT2D eigenvalue weighted by Crippen LogP contribution is -2.43. The minimum Gasteiger partial charge on any atom is -0.472 e. The van der Waals surface area contributed by atoms with Crippen molar-refractivity contribution in [1.82, 2.24) is 0 Å². The molecule has 2 fully saturated rings. The second-order valence-electron chi connectivity index (χ2n) is 4.68. The average molecular weight is 242 g/mol. The molecule has 1 saturated carbocycles. The van der Waals surface area contributed by atoms with E-state index in [4.69, 9.17) is 9.47 Å². The Bertz CT molecular complexity index is 387. The van der Waals surface area contributed by atoms with E-state index in [0.717, 1.165) is 0 Å². The molecule has 6 nitrogen and oxygen atoms in total. The van der Waals surface area contributed by atoms with Gasteiger partial charge in [-0.05, 0) is 6.42 Å². The molecule has 5 atom stereocenters. The first kappa shape index (κ1) is 11.0. The van der Waals surface area contributed by atoms with Crippen LogP contribution in [0.25, 0.3) is 0 Å². The van der Waals surface area contributed by atoms with Crippen molar-refractivity contribution >= 4 is 5.97 Å². The van der Waals surface area contributed by atoms with Gasteiger partial charge in [-0.25, -0.2) is 4.79 Å². The predicted octanol–water partition coefficient (Wildman–Crippen LogP) is -0.842. The molecule has 2 heterocycles. The number of carbonyl (C=O) groups excluding carboxylic acids is 1. The first-order valence-electron chi connectivity index (χ1n) is 5.54. The molecule has 2 N–H and O–H groups in total. The summed E-state index contributed by atoms with van der Waals surface area (Å²) in [4.78, 5) is 11.6. The van der Waals surface area contributed by atoms with Crippen molar-refractivity contribution in [1.29, 1.82) is 0 Å². The number of rotatable bonds is 2. The van der Waals surface area contributed by atoms with Gasteiger partial charge in [0.15, 0.2) is 0 Å². The Hall–Kier alpha value is -1.11. The van der Waals surface area contributed by atoms with Gasteiger partial charge < -0.3 is 24.4 Å². The maximum Gasteiger partial charge on any atom is 0.337 e. The third-order valence-corrected chi connectivity index (χ3v) is 4.02. The number of aliphatic hydroxyl groups excluding tert-OH is 2. The lowest BCUT2D eigenvalue weighted by Gasteiger charge is -2.34. The highest BCUT2D eigenvalue weighted by molar-refractivity contribution is 5.89. The summed E-state index contributed by atoms with van der Waals surface area (Å²) in [6.07, 6.45) is 0.708. The van der Waals surface area contributed by atoms with Gasteiger partial charge in [-0.2, -0.15) is 0 Å². The van der Waals surface area contributed by atoms with Crippen molar-refractivity contribution in [2.45, 2.75) is 24.4 Å². The first-order valence-corrected chi connectivity index (χ1v) is 5.54. The van der Waals surface area contributed by atoms with E-state index in [2.05, 4.69) is 4.74 Å². The van der Waals surface area contributed by atoms with Crippen LogP contribution in [0, 0.1) is 11.8 Å². The largest absolute Gasteiger partial charge is 0.472 e. The maximum absolute atomic E-state index is 11.6. The summed E-state index contributed by atoms with van der Waals surface area (Å²) in [6, 6.07) is 0. The van der Waals surface area contributed by atoms with Crippen LogP contribution in [0.3, 0.4) is 0 Å². The zero-order chi connectivity index (χ0) is 12.2. The number of hydrogen-bond donors (Lipinski definition) is 2. The molecule has 94 valence electrons. The van der Waals surface area contributed by atoms with E-state index in [-0.39, 0.29) is 18.6 Å². The number of esters is 1. The minimum absolute atomic E-state index is 0.105. The van der Waals surface area contributed by atoms with Crippen LogP contribution in [0.1, 0.15) is 6.42 Å². The Morgan fingerprint density at radius 2 is 2.47 bits per heavy atom. The molecule has 0 amide bonds. The van der Waals surface area contributed by atoms with Crippen molar-refractivity contribution in [2.24, 2.45) is 11.8 Å². The molecule has 0 aromatic rings. The maximum atomic E-state index is 11.6. The normalized spacial score (nSPS) is 46.4. The van der Waals surface area contributed by atoms with Crippen molar-refractivity contribution in [3.8, 4) is 0 Å². The molecule has 0 bridgehead atoms. The zero-order valence-electron chi connectivity index (χ0n) is 9.33. The van der Waals surface area contributed by atoms with Crippen LogP contribution in [0.4, 0.5) is 0 Å². The number of methoxy groups -OCH3 is 1. The quantitative estimate of drug-likeness (QED) is 0.485. The van der Waals surface area contributed by atoms with Crippen LogP contribution in [-0.4, -0.2) is 47.9 Å². The molecule has 1 aliphatic carbocycles. The van der Waals surface area contributed by atoms with Gasteiger partial charge in [-0.1, -0.05) is 0 Å². The Morgan fingerprint density at radius 3 is 3.12 bits per heavy atom. The lowest BCUT2D eigenvalue weighted by molar-refractivity contribution is -0.153. The monoisotopic (exact) mass is 242 g/mol. The number of fused-ring (bicyclic) bond motifs is 3. The Balaban J connectivity index is 1.92. The van der Waals surface area contributed by atoms with E-state index in [1.165, 1.54) is 13.4 Å². The van der Waals surface area contributed by atoms with E-state index < -0.39 is 23.8 Å². The molecule has 2 aliphatic heterocycles. The standard InChI is InChI=1S/C11H14O6/c1-15-9(13)6-3-16-10(14)8-5(6)2-7-11(8,4-12)17-7/h3,5,7-8,10,12,14H,2,4H2,1H3/t5?,7?,8?,10?,11-/m0/s1. The molecular formula is C11H14O6. The fraction of sp³-hybridized carbons (Fsp3) is 0.727. The van der Waals surface area contributed by atoms with E-state index >= 15 is 0 Å². The fourth-order valence-electron chi connectivity index (χ4n) is 3.13. The Morgan fingerprint density at radius 1 is 1.71 bits per heavy atom. The van der Waals surface area contributed by atoms with Gasteiger partial charge in [-0.15, -0.1) is 0 Å². The second-order valence-corrected chi connectivity index (χ2v) is 4.68. The van der Waals surface area contributed by atoms with Crippen LogP contribution in [0.5, 0.6) is 0 Å². The number of epoxide rings is 1. The van der Waals surface area contributed by atoms with E-state index in [1.807, 2.05) is 0 Å². The highest BCUT2D eigenvalue weighted by atomic mass is 16.6. The summed E-state index contributed by atoms with van der Waals surface area (Å²) in [5, 5.41) is 19.2. The molecule has 1 saturated heterocycles. The van der Waals surface area contributed by atoms with Gasteiger partial charge in [0.25, 0.3) is 0 Å². The molecule has 3 rings (SSSR count). The predicted molar refractivity (Wildman–Crippen MR) is 53.5 cm³/mol. The number of aliphatic hydroxyl groups is 2. The number of hydrogen-bond acceptors (Lipinski definition) is 6. The van der Waals surface area contributed by atoms with Crippen LogP contribution in [0.2, 0.25) is 0 Å². The van der Waals surface area contributed by atoms with E-state index in [1.54, 1.807) is 0 Å². The van der Waals surface area contributed by atoms with Crippen molar-refractivity contribution < 1.29 is 29.2 Å². The molecular weight excluding hydrogens is 228 g/mol. The third kappa shape index (κ3) is 1.28. The lowest BCUT2D eigenvalue weighted by atomic mass is 9.82. The van der Waals surface area contributed by atoms with Gasteiger partial charge >= 0.3 is 5.97 Å². The molecule has 0 radical (unpaired) electrons. The molecule has 0 aromatic heterocycles. The highest BCUT2D eigenvalue weighted by Gasteiger charge is 2.72. The summed E-state index contributed by atoms with van der Waals surface area (Å²) in [5.41, 5.74) is -0.330. The summed E-state index contributed by atoms with van der Waals surface area (Å²) >= 11 is 0. The van der Waals surface area contributed by atoms with Gasteiger partial charge in [0.1, 0.15) is 5.60 Å². The van der Waals surface area contributed by atoms with Crippen molar-refractivity contribution in [2.75, 3.05) is 13.7 Å². The minimum atomic E-state index is -1.05. The van der Waals surface area contributed by atoms with Gasteiger partial charge in [0, 0.05) is 5.92 Å². The summed E-state index contributed by atoms with van der Waals surface area (Å²) in [6.45, 7) is -0.173. The molecule has 0 aromatic carbocycles. The number of ether oxygens (including phenoxy) is 3. The summed E-state index contributed by atoms with van der Waals surface area (Å²) in [5.74, 6) is -1.03. The molecule has 17 heavy (non-hydrogen) atoms. The highest BCUT2D eigenvalue weighted by Crippen LogP contribution is 2.60. The van der Waals surface area contributed by atoms with Crippen LogP contribution in [0.15, 0.2) is 11.8 Å². The van der Waals surface area contributed by atoms with Gasteiger partial charge in [0.05, 0.1) is 37.6 Å². The second kappa shape index (κ2) is 3.44. The number of carbonyl (C=O) groups is 1. The van der Waals surface area contributed by atoms with Crippen LogP contribution < -0.4 is 0 Å². The first-order chi connectivity index (χ1) is 8.14. The zero-order valence-corrected chi connectivity index (χ0v) is 9.33. The van der Waals surface area contributed by atoms with Crippen molar-refractivity contribution in [3.63, 3.8) is 0 Å². The average Bonchev–Trinajstić information content (AvgIpc) is 2.95.